The molecule has 0 fully saturated rings. The number of nitrogens with zero attached hydrogens (tertiary/aromatic N) is 2. The van der Waals surface area contributed by atoms with Gasteiger partial charge in [0.1, 0.15) is 6.17 Å². The van der Waals surface area contributed by atoms with E-state index in [4.69, 9.17) is 20.8 Å². The summed E-state index contributed by atoms with van der Waals surface area (Å²) < 4.78 is 0. The fraction of sp³-hybridized carbons (Fsp3) is 0.0213. The second kappa shape index (κ2) is 13.9. The third kappa shape index (κ3) is 6.22. The lowest BCUT2D eigenvalue weighted by Crippen LogP contribution is -2.25. The van der Waals surface area contributed by atoms with Crippen LogP contribution in [0.4, 0.5) is 0 Å². The van der Waals surface area contributed by atoms with Gasteiger partial charge in [-0.05, 0) is 59.3 Å². The highest BCUT2D eigenvalue weighted by Crippen LogP contribution is 2.36. The zero-order valence-corrected chi connectivity index (χ0v) is 29.6. The van der Waals surface area contributed by atoms with Crippen molar-refractivity contribution in [2.45, 2.75) is 6.17 Å². The number of pyridine rings is 1. The number of aromatic nitrogens is 1. The Hall–Kier alpha value is -6.55. The van der Waals surface area contributed by atoms with Crippen LogP contribution in [0.2, 0.25) is 0 Å². The summed E-state index contributed by atoms with van der Waals surface area (Å²) in [6.45, 7) is 0. The van der Waals surface area contributed by atoms with E-state index in [1.807, 2.05) is 60.7 Å². The fourth-order valence-electron chi connectivity index (χ4n) is 7.11. The Labute approximate surface area is 309 Å². The quantitative estimate of drug-likeness (QED) is 0.145. The minimum atomic E-state index is -0.716. The molecule has 1 aliphatic heterocycles. The lowest BCUT2D eigenvalue weighted by atomic mass is 9.87. The smallest absolute Gasteiger partial charge is 0.145 e. The van der Waals surface area contributed by atoms with Crippen LogP contribution in [-0.4, -0.2) is 22.1 Å². The summed E-state index contributed by atoms with van der Waals surface area (Å²) in [5.74, 6) is 0. The van der Waals surface area contributed by atoms with Crippen LogP contribution in [0.1, 0.15) is 34.0 Å². The van der Waals surface area contributed by atoms with Crippen molar-refractivity contribution in [3.63, 3.8) is 0 Å². The zero-order chi connectivity index (χ0) is 35.7. The van der Waals surface area contributed by atoms with Crippen LogP contribution in [0.15, 0.2) is 181 Å². The maximum atomic E-state index is 8.91. The Bertz CT molecular complexity index is 2560. The molecule has 1 atom stereocenters. The van der Waals surface area contributed by atoms with E-state index in [0.29, 0.717) is 0 Å². The van der Waals surface area contributed by atoms with Crippen molar-refractivity contribution >= 4 is 63.6 Å². The molecule has 0 amide bonds. The average molecular weight is 700 g/mol. The van der Waals surface area contributed by atoms with Crippen molar-refractivity contribution in [1.82, 2.24) is 10.3 Å². The fourth-order valence-corrected chi connectivity index (χ4v) is 9.40. The highest BCUT2D eigenvalue weighted by Gasteiger charge is 2.25. The van der Waals surface area contributed by atoms with Gasteiger partial charge in [0.05, 0.1) is 28.3 Å². The van der Waals surface area contributed by atoms with Crippen LogP contribution in [0.5, 0.6) is 0 Å². The predicted molar refractivity (Wildman–Crippen MR) is 223 cm³/mol. The molecule has 1 unspecified atom stereocenters. The molecule has 0 saturated heterocycles. The van der Waals surface area contributed by atoms with E-state index >= 15 is 0 Å². The van der Waals surface area contributed by atoms with Gasteiger partial charge in [0.25, 0.3) is 0 Å². The van der Waals surface area contributed by atoms with E-state index in [2.05, 4.69) is 121 Å². The molecule has 1 aliphatic carbocycles. The van der Waals surface area contributed by atoms with E-state index in [9.17, 15) is 0 Å². The number of fused-ring (bicyclic) bond motifs is 3. The maximum Gasteiger partial charge on any atom is 0.145 e. The topological polar surface area (TPSA) is 85.0 Å². The van der Waals surface area contributed by atoms with Crippen molar-refractivity contribution in [1.29, 1.82) is 10.8 Å². The molecular formula is C47H34N5P. The number of hydrogen-bond acceptors (Lipinski definition) is 5. The van der Waals surface area contributed by atoms with E-state index < -0.39 is 7.92 Å². The first-order valence-corrected chi connectivity index (χ1v) is 19.0. The molecule has 252 valence electrons. The average Bonchev–Trinajstić information content (AvgIpc) is 3.23. The Morgan fingerprint density at radius 2 is 1.15 bits per heavy atom. The number of benzene rings is 6. The van der Waals surface area contributed by atoms with E-state index in [-0.39, 0.29) is 17.6 Å². The molecule has 0 bridgehead atoms. The molecule has 9 rings (SSSR count). The lowest BCUT2D eigenvalue weighted by molar-refractivity contribution is 0.664. The summed E-state index contributed by atoms with van der Waals surface area (Å²) in [4.78, 5) is 10.4. The molecular weight excluding hydrogens is 666 g/mol. The van der Waals surface area contributed by atoms with Gasteiger partial charge in [-0.25, -0.2) is 4.98 Å². The molecule has 6 aromatic carbocycles. The largest absolute Gasteiger partial charge is 0.360 e. The van der Waals surface area contributed by atoms with Gasteiger partial charge in [0.2, 0.25) is 0 Å². The zero-order valence-electron chi connectivity index (χ0n) is 28.7. The molecule has 0 spiro atoms. The van der Waals surface area contributed by atoms with Crippen LogP contribution < -0.4 is 21.2 Å². The van der Waals surface area contributed by atoms with Gasteiger partial charge in [-0.2, -0.15) is 0 Å². The summed E-state index contributed by atoms with van der Waals surface area (Å²) in [5, 5.41) is 25.9. The molecule has 7 aromatic rings. The monoisotopic (exact) mass is 699 g/mol. The molecule has 2 heterocycles. The minimum absolute atomic E-state index is 0.195. The normalized spacial score (nSPS) is 15.2. The van der Waals surface area contributed by atoms with Crippen molar-refractivity contribution in [2.24, 2.45) is 4.99 Å². The SMILES string of the molecule is N=C1C=Cc2c(-c3ccccc3)nc3cc(C4=NC(c5ccccc5)NC(c5ccc(P(c6ccccc6)c6ccccc6)cc5)=C4)ccc3c2C1=N. The summed E-state index contributed by atoms with van der Waals surface area (Å²) in [5.41, 5.74) is 9.47. The van der Waals surface area contributed by atoms with Crippen LogP contribution >= 0.6 is 7.92 Å². The first-order valence-electron chi connectivity index (χ1n) is 17.6. The number of aliphatic imine (C=N–C) groups is 1. The number of rotatable bonds is 7. The molecule has 1 aromatic heterocycles. The van der Waals surface area contributed by atoms with Gasteiger partial charge in [0, 0.05) is 33.3 Å². The van der Waals surface area contributed by atoms with Gasteiger partial charge in [-0.1, -0.05) is 158 Å². The summed E-state index contributed by atoms with van der Waals surface area (Å²) in [7, 11) is -0.716. The first-order chi connectivity index (χ1) is 26.1. The summed E-state index contributed by atoms with van der Waals surface area (Å²) >= 11 is 0. The lowest BCUT2D eigenvalue weighted by Gasteiger charge is -2.26. The maximum absolute atomic E-state index is 8.91. The molecule has 6 heteroatoms. The third-order valence-electron chi connectivity index (χ3n) is 9.72. The Balaban J connectivity index is 1.15. The van der Waals surface area contributed by atoms with Gasteiger partial charge in [-0.3, -0.25) is 15.8 Å². The summed E-state index contributed by atoms with van der Waals surface area (Å²) in [6.07, 6.45) is 5.45. The molecule has 0 saturated carbocycles. The predicted octanol–water partition coefficient (Wildman–Crippen LogP) is 9.21. The standard InChI is InChI=1S/C47H34N5P/c48-40-28-27-39-44(45(40)49)38-26-23-34(29-43(38)50-46(39)32-13-5-1-6-14-32)42-30-41(51-47(52-42)33-15-7-2-8-16-33)31-21-24-37(25-22-31)53(35-17-9-3-10-18-35)36-19-11-4-12-20-36/h1-30,47-49,51H. The molecule has 5 nitrogen and oxygen atoms in total. The highest BCUT2D eigenvalue weighted by atomic mass is 31.1. The van der Waals surface area contributed by atoms with Gasteiger partial charge < -0.3 is 5.32 Å². The van der Waals surface area contributed by atoms with E-state index in [0.717, 1.165) is 61.4 Å². The Morgan fingerprint density at radius 3 is 1.81 bits per heavy atom. The van der Waals surface area contributed by atoms with Crippen LogP contribution in [0, 0.1) is 10.8 Å². The molecule has 2 aliphatic rings. The minimum Gasteiger partial charge on any atom is -0.360 e. The third-order valence-corrected chi connectivity index (χ3v) is 12.2. The van der Waals surface area contributed by atoms with Crippen molar-refractivity contribution < 1.29 is 0 Å². The number of allylic oxidation sites excluding steroid dienone is 2. The van der Waals surface area contributed by atoms with Crippen LogP contribution in [0.3, 0.4) is 0 Å². The second-order valence-corrected chi connectivity index (χ2v) is 15.3. The number of nitrogens with one attached hydrogen (secondary N) is 3. The van der Waals surface area contributed by atoms with Gasteiger partial charge >= 0.3 is 0 Å². The first kappa shape index (κ1) is 32.4. The van der Waals surface area contributed by atoms with Crippen molar-refractivity contribution in [3.05, 3.63) is 204 Å². The Morgan fingerprint density at radius 1 is 0.566 bits per heavy atom. The number of hydrogen-bond donors (Lipinski definition) is 3. The van der Waals surface area contributed by atoms with Crippen molar-refractivity contribution in [2.75, 3.05) is 0 Å². The molecule has 53 heavy (non-hydrogen) atoms. The second-order valence-electron chi connectivity index (χ2n) is 13.1. The van der Waals surface area contributed by atoms with Crippen LogP contribution in [-0.2, 0) is 0 Å². The van der Waals surface area contributed by atoms with E-state index in [1.54, 1.807) is 6.08 Å². The van der Waals surface area contributed by atoms with Gasteiger partial charge in [0.15, 0.2) is 0 Å². The van der Waals surface area contributed by atoms with Crippen molar-refractivity contribution in [3.8, 4) is 11.3 Å². The van der Waals surface area contributed by atoms with E-state index in [1.165, 1.54) is 15.9 Å². The molecule has 0 radical (unpaired) electrons. The Kier molecular flexibility index (Phi) is 8.47. The highest BCUT2D eigenvalue weighted by molar-refractivity contribution is 7.79. The molecule has 3 N–H and O–H groups in total. The summed E-state index contributed by atoms with van der Waals surface area (Å²) in [6, 6.07) is 57.1. The van der Waals surface area contributed by atoms with Crippen LogP contribution in [0.25, 0.3) is 33.9 Å². The van der Waals surface area contributed by atoms with Gasteiger partial charge in [-0.15, -0.1) is 0 Å².